The van der Waals surface area contributed by atoms with Crippen LogP contribution < -0.4 is 0 Å². The Morgan fingerprint density at radius 3 is 2.31 bits per heavy atom. The van der Waals surface area contributed by atoms with E-state index in [1.54, 1.807) is 6.92 Å². The quantitative estimate of drug-likeness (QED) is 0.554. The van der Waals surface area contributed by atoms with Gasteiger partial charge in [-0.3, -0.25) is 9.12 Å². The van der Waals surface area contributed by atoms with Crippen LogP contribution in [0.2, 0.25) is 0 Å². The summed E-state index contributed by atoms with van der Waals surface area (Å²) < 4.78 is 41.6. The summed E-state index contributed by atoms with van der Waals surface area (Å²) in [6.45, 7) is 1.65. The molecule has 3 N–H and O–H groups in total. The third-order valence-corrected chi connectivity index (χ3v) is 3.58. The summed E-state index contributed by atoms with van der Waals surface area (Å²) in [5.74, 6) is 0. The minimum absolute atomic E-state index is 0.0872. The molecule has 8 heteroatoms. The van der Waals surface area contributed by atoms with Crippen LogP contribution in [0.3, 0.4) is 0 Å². The van der Waals surface area contributed by atoms with E-state index in [-0.39, 0.29) is 5.56 Å². The molecule has 0 aliphatic rings. The second kappa shape index (κ2) is 4.27. The summed E-state index contributed by atoms with van der Waals surface area (Å²) in [6.07, 6.45) is -0.718. The highest BCUT2D eigenvalue weighted by atomic mass is 32.2. The summed E-state index contributed by atoms with van der Waals surface area (Å²) in [4.78, 5) is 17.1. The minimum atomic E-state index is -4.47. The van der Waals surface area contributed by atoms with E-state index in [2.05, 4.69) is 0 Å². The van der Waals surface area contributed by atoms with Crippen LogP contribution in [-0.2, 0) is 20.8 Å². The lowest BCUT2D eigenvalue weighted by Gasteiger charge is -2.09. The molecule has 6 nitrogen and oxygen atoms in total. The minimum Gasteiger partial charge on any atom is -0.324 e. The second-order valence-corrected chi connectivity index (χ2v) is 6.44. The molecule has 0 fully saturated rings. The van der Waals surface area contributed by atoms with Crippen molar-refractivity contribution in [3.8, 4) is 0 Å². The molecule has 0 saturated carbocycles. The molecule has 0 unspecified atom stereocenters. The molecular formula is C8H11O6PS. The Hall–Kier alpha value is -0.720. The van der Waals surface area contributed by atoms with Crippen LogP contribution in [0, 0.1) is 6.92 Å². The van der Waals surface area contributed by atoms with Crippen molar-refractivity contribution in [3.63, 3.8) is 0 Å². The van der Waals surface area contributed by atoms with Crippen LogP contribution in [-0.4, -0.2) is 22.8 Å². The van der Waals surface area contributed by atoms with Gasteiger partial charge in [0.05, 0.1) is 11.1 Å². The van der Waals surface area contributed by atoms with Crippen LogP contribution in [0.5, 0.6) is 0 Å². The lowest BCUT2D eigenvalue weighted by molar-refractivity contribution is 0.371. The van der Waals surface area contributed by atoms with E-state index in [0.29, 0.717) is 5.56 Å². The highest BCUT2D eigenvalue weighted by Crippen LogP contribution is 2.40. The molecule has 0 bridgehead atoms. The molecule has 0 aliphatic carbocycles. The van der Waals surface area contributed by atoms with Gasteiger partial charge in [-0.15, -0.1) is 0 Å². The zero-order valence-electron chi connectivity index (χ0n) is 8.36. The fourth-order valence-corrected chi connectivity index (χ4v) is 2.82. The molecule has 1 rings (SSSR count). The molecule has 16 heavy (non-hydrogen) atoms. The Bertz CT molecular complexity index is 544. The number of hydrogen-bond acceptors (Lipinski definition) is 3. The first-order valence-corrected chi connectivity index (χ1v) is 7.45. The smallest absolute Gasteiger partial charge is 0.324 e. The third-order valence-electron chi connectivity index (χ3n) is 1.87. The molecule has 1 aromatic carbocycles. The maximum absolute atomic E-state index is 11.0. The third kappa shape index (κ3) is 3.70. The van der Waals surface area contributed by atoms with Gasteiger partial charge in [0, 0.05) is 0 Å². The zero-order chi connectivity index (χ0) is 12.6. The van der Waals surface area contributed by atoms with Crippen molar-refractivity contribution >= 4 is 17.7 Å². The molecule has 0 radical (unpaired) electrons. The molecule has 90 valence electrons. The Balaban J connectivity index is 3.36. The summed E-state index contributed by atoms with van der Waals surface area (Å²) in [7, 11) is -8.85. The fraction of sp³-hybridized carbons (Fsp3) is 0.250. The predicted molar refractivity (Wildman–Crippen MR) is 56.7 cm³/mol. The number of hydrogen-bond donors (Lipinski definition) is 3. The largest absolute Gasteiger partial charge is 0.329 e. The fourth-order valence-electron chi connectivity index (χ4n) is 1.31. The van der Waals surface area contributed by atoms with Gasteiger partial charge in [-0.05, 0) is 18.6 Å². The lowest BCUT2D eigenvalue weighted by atomic mass is 10.2. The Kier molecular flexibility index (Phi) is 3.56. The van der Waals surface area contributed by atoms with Gasteiger partial charge in [-0.25, -0.2) is 0 Å². The zero-order valence-corrected chi connectivity index (χ0v) is 10.1. The van der Waals surface area contributed by atoms with E-state index < -0.39 is 28.8 Å². The average molecular weight is 266 g/mol. The molecule has 0 amide bonds. The molecule has 0 heterocycles. The van der Waals surface area contributed by atoms with E-state index in [4.69, 9.17) is 14.3 Å². The van der Waals surface area contributed by atoms with E-state index in [1.165, 1.54) is 12.1 Å². The first-order chi connectivity index (χ1) is 7.09. The van der Waals surface area contributed by atoms with Crippen molar-refractivity contribution < 1.29 is 27.3 Å². The maximum atomic E-state index is 11.0. The topological polar surface area (TPSA) is 112 Å². The number of benzene rings is 1. The molecule has 0 spiro atoms. The van der Waals surface area contributed by atoms with Gasteiger partial charge in [0.2, 0.25) is 0 Å². The van der Waals surface area contributed by atoms with Crippen LogP contribution in [0.1, 0.15) is 11.1 Å². The molecule has 0 saturated heterocycles. The Labute approximate surface area is 92.8 Å². The van der Waals surface area contributed by atoms with Gasteiger partial charge in [0.25, 0.3) is 10.1 Å². The van der Waals surface area contributed by atoms with Gasteiger partial charge in [-0.1, -0.05) is 17.7 Å². The predicted octanol–water partition coefficient (Wildman–Crippen LogP) is 0.919. The molecule has 0 atom stereocenters. The van der Waals surface area contributed by atoms with Gasteiger partial charge in [-0.2, -0.15) is 8.42 Å². The van der Waals surface area contributed by atoms with Crippen molar-refractivity contribution in [2.24, 2.45) is 0 Å². The van der Waals surface area contributed by atoms with Crippen LogP contribution >= 0.6 is 7.60 Å². The lowest BCUT2D eigenvalue weighted by Crippen LogP contribution is -2.04. The van der Waals surface area contributed by atoms with Gasteiger partial charge < -0.3 is 9.79 Å². The van der Waals surface area contributed by atoms with Crippen molar-refractivity contribution in [1.29, 1.82) is 0 Å². The van der Waals surface area contributed by atoms with Crippen molar-refractivity contribution in [3.05, 3.63) is 29.3 Å². The highest BCUT2D eigenvalue weighted by molar-refractivity contribution is 7.86. The SMILES string of the molecule is Cc1ccc(S(=O)(=O)O)c(CP(=O)(O)O)c1. The molecule has 0 aromatic heterocycles. The Morgan fingerprint density at radius 1 is 1.31 bits per heavy atom. The molecule has 0 aliphatic heterocycles. The first-order valence-electron chi connectivity index (χ1n) is 4.21. The normalized spacial score (nSPS) is 12.8. The van der Waals surface area contributed by atoms with E-state index >= 15 is 0 Å². The summed E-state index contributed by atoms with van der Waals surface area (Å²) in [5.41, 5.74) is 0.562. The van der Waals surface area contributed by atoms with Crippen molar-refractivity contribution in [2.45, 2.75) is 18.0 Å². The van der Waals surface area contributed by atoms with Crippen LogP contribution in [0.15, 0.2) is 23.1 Å². The van der Waals surface area contributed by atoms with Gasteiger partial charge in [0.1, 0.15) is 0 Å². The van der Waals surface area contributed by atoms with Crippen molar-refractivity contribution in [2.75, 3.05) is 0 Å². The first kappa shape index (κ1) is 13.3. The van der Waals surface area contributed by atoms with E-state index in [1.807, 2.05) is 0 Å². The molecule has 1 aromatic rings. The van der Waals surface area contributed by atoms with Gasteiger partial charge in [0.15, 0.2) is 0 Å². The van der Waals surface area contributed by atoms with Gasteiger partial charge >= 0.3 is 7.60 Å². The summed E-state index contributed by atoms with van der Waals surface area (Å²) >= 11 is 0. The monoisotopic (exact) mass is 266 g/mol. The standard InChI is InChI=1S/C8H11O6PS/c1-6-2-3-8(16(12,13)14)7(4-6)5-15(9,10)11/h2-4H,5H2,1H3,(H2,9,10,11)(H,12,13,14). The van der Waals surface area contributed by atoms with E-state index in [9.17, 15) is 13.0 Å². The number of aryl methyl sites for hydroxylation is 1. The summed E-state index contributed by atoms with van der Waals surface area (Å²) in [5, 5.41) is 0. The average Bonchev–Trinajstić information content (AvgIpc) is 1.97. The number of rotatable bonds is 3. The van der Waals surface area contributed by atoms with E-state index in [0.717, 1.165) is 6.07 Å². The Morgan fingerprint density at radius 2 is 1.88 bits per heavy atom. The highest BCUT2D eigenvalue weighted by Gasteiger charge is 2.22. The maximum Gasteiger partial charge on any atom is 0.329 e. The van der Waals surface area contributed by atoms with Crippen LogP contribution in [0.25, 0.3) is 0 Å². The van der Waals surface area contributed by atoms with Crippen LogP contribution in [0.4, 0.5) is 0 Å². The summed E-state index contributed by atoms with van der Waals surface area (Å²) in [6, 6.07) is 3.88. The second-order valence-electron chi connectivity index (χ2n) is 3.41. The molecular weight excluding hydrogens is 255 g/mol. The van der Waals surface area contributed by atoms with Crippen molar-refractivity contribution in [1.82, 2.24) is 0 Å².